The predicted molar refractivity (Wildman–Crippen MR) is 106 cm³/mol. The number of nitrogens with zero attached hydrogens (tertiary/aromatic N) is 3. The van der Waals surface area contributed by atoms with Gasteiger partial charge in [-0.2, -0.15) is 16.4 Å². The fourth-order valence-corrected chi connectivity index (χ4v) is 4.16. The summed E-state index contributed by atoms with van der Waals surface area (Å²) in [5, 5.41) is 14.2. The van der Waals surface area contributed by atoms with Crippen LogP contribution in [0.4, 0.5) is 5.69 Å². The Morgan fingerprint density at radius 2 is 2.15 bits per heavy atom. The number of hydrogen-bond donors (Lipinski definition) is 1. The maximum Gasteiger partial charge on any atom is 0.230 e. The van der Waals surface area contributed by atoms with Crippen molar-refractivity contribution in [3.63, 3.8) is 0 Å². The van der Waals surface area contributed by atoms with Crippen LogP contribution in [0.1, 0.15) is 11.4 Å². The molecule has 1 N–H and O–H groups in total. The van der Waals surface area contributed by atoms with Crippen molar-refractivity contribution in [1.29, 1.82) is 0 Å². The molecule has 0 unspecified atom stereocenters. The van der Waals surface area contributed by atoms with E-state index in [0.29, 0.717) is 0 Å². The highest BCUT2D eigenvalue weighted by atomic mass is 32.1. The molecule has 0 aliphatic carbocycles. The average molecular weight is 380 g/mol. The number of carbonyl (C=O) groups is 1. The standard InChI is InChI=1S/C19H16N4OS2/c1-13-5-7-20-23(13)17-4-2-3-15(9-17)21-18(24)10-16-12-26-19(22-16)14-6-8-25-11-14/h2-9,11-12H,10H2,1H3,(H,21,24). The van der Waals surface area contributed by atoms with Gasteiger partial charge >= 0.3 is 0 Å². The molecule has 0 fully saturated rings. The lowest BCUT2D eigenvalue weighted by Gasteiger charge is -2.08. The predicted octanol–water partition coefficient (Wildman–Crippen LogP) is 4.55. The van der Waals surface area contributed by atoms with Crippen molar-refractivity contribution in [3.05, 3.63) is 70.1 Å². The molecule has 0 saturated carbocycles. The summed E-state index contributed by atoms with van der Waals surface area (Å²) in [5.41, 5.74) is 4.59. The van der Waals surface area contributed by atoms with E-state index < -0.39 is 0 Å². The zero-order valence-electron chi connectivity index (χ0n) is 14.0. The van der Waals surface area contributed by atoms with Gasteiger partial charge in [0.05, 0.1) is 17.8 Å². The maximum absolute atomic E-state index is 12.4. The molecule has 26 heavy (non-hydrogen) atoms. The Morgan fingerprint density at radius 3 is 2.92 bits per heavy atom. The Labute approximate surface area is 159 Å². The minimum atomic E-state index is -0.0819. The average Bonchev–Trinajstić information content (AvgIpc) is 3.35. The quantitative estimate of drug-likeness (QED) is 0.553. The third-order valence-corrected chi connectivity index (χ3v) is 5.49. The molecule has 1 amide bonds. The van der Waals surface area contributed by atoms with Crippen LogP contribution in [0.25, 0.3) is 16.3 Å². The van der Waals surface area contributed by atoms with Crippen molar-refractivity contribution in [2.45, 2.75) is 13.3 Å². The fourth-order valence-electron chi connectivity index (χ4n) is 2.63. The summed E-state index contributed by atoms with van der Waals surface area (Å²) in [6.45, 7) is 1.99. The van der Waals surface area contributed by atoms with Crippen molar-refractivity contribution < 1.29 is 4.79 Å². The molecule has 4 rings (SSSR count). The molecule has 0 atom stereocenters. The number of rotatable bonds is 5. The lowest BCUT2D eigenvalue weighted by Crippen LogP contribution is -2.14. The molecule has 1 aromatic carbocycles. The van der Waals surface area contributed by atoms with Crippen LogP contribution in [-0.4, -0.2) is 20.7 Å². The van der Waals surface area contributed by atoms with E-state index >= 15 is 0 Å². The molecule has 3 aromatic heterocycles. The molecule has 4 aromatic rings. The van der Waals surface area contributed by atoms with Crippen LogP contribution < -0.4 is 5.32 Å². The molecule has 7 heteroatoms. The largest absolute Gasteiger partial charge is 0.326 e. The third kappa shape index (κ3) is 3.58. The van der Waals surface area contributed by atoms with Crippen LogP contribution in [-0.2, 0) is 11.2 Å². The van der Waals surface area contributed by atoms with Gasteiger partial charge < -0.3 is 5.32 Å². The topological polar surface area (TPSA) is 59.8 Å². The van der Waals surface area contributed by atoms with Crippen molar-refractivity contribution >= 4 is 34.3 Å². The van der Waals surface area contributed by atoms with Crippen LogP contribution in [0.2, 0.25) is 0 Å². The summed E-state index contributed by atoms with van der Waals surface area (Å²) in [7, 11) is 0. The second-order valence-corrected chi connectivity index (χ2v) is 7.45. The molecule has 0 aliphatic rings. The number of anilines is 1. The monoisotopic (exact) mass is 380 g/mol. The number of nitrogens with one attached hydrogen (secondary N) is 1. The second kappa shape index (κ2) is 7.23. The highest BCUT2D eigenvalue weighted by Gasteiger charge is 2.10. The number of aromatic nitrogens is 3. The van der Waals surface area contributed by atoms with Gasteiger partial charge in [0.25, 0.3) is 0 Å². The third-order valence-electron chi connectivity index (χ3n) is 3.87. The Hall–Kier alpha value is -2.77. The smallest absolute Gasteiger partial charge is 0.230 e. The summed E-state index contributed by atoms with van der Waals surface area (Å²) in [5.74, 6) is -0.0819. The Bertz CT molecular complexity index is 1030. The highest BCUT2D eigenvalue weighted by molar-refractivity contribution is 7.14. The van der Waals surface area contributed by atoms with E-state index in [9.17, 15) is 4.79 Å². The fraction of sp³-hybridized carbons (Fsp3) is 0.105. The number of hydrogen-bond acceptors (Lipinski definition) is 5. The van der Waals surface area contributed by atoms with Crippen molar-refractivity contribution in [2.24, 2.45) is 0 Å². The van der Waals surface area contributed by atoms with E-state index in [-0.39, 0.29) is 12.3 Å². The molecule has 0 aliphatic heterocycles. The lowest BCUT2D eigenvalue weighted by atomic mass is 10.2. The summed E-state index contributed by atoms with van der Waals surface area (Å²) >= 11 is 3.20. The van der Waals surface area contributed by atoms with Gasteiger partial charge in [0.2, 0.25) is 5.91 Å². The Balaban J connectivity index is 1.45. The maximum atomic E-state index is 12.4. The lowest BCUT2D eigenvalue weighted by molar-refractivity contribution is -0.115. The molecule has 0 saturated heterocycles. The minimum absolute atomic E-state index is 0.0819. The van der Waals surface area contributed by atoms with Gasteiger partial charge in [0, 0.05) is 33.9 Å². The van der Waals surface area contributed by atoms with E-state index in [1.807, 2.05) is 58.8 Å². The first-order valence-electron chi connectivity index (χ1n) is 8.07. The van der Waals surface area contributed by atoms with Gasteiger partial charge in [0.1, 0.15) is 5.01 Å². The SMILES string of the molecule is Cc1ccnn1-c1cccc(NC(=O)Cc2csc(-c3ccsc3)n2)c1. The number of aryl methyl sites for hydroxylation is 1. The van der Waals surface area contributed by atoms with Gasteiger partial charge in [-0.3, -0.25) is 4.79 Å². The van der Waals surface area contributed by atoms with Crippen LogP contribution >= 0.6 is 22.7 Å². The second-order valence-electron chi connectivity index (χ2n) is 5.82. The first-order chi connectivity index (χ1) is 12.7. The van der Waals surface area contributed by atoms with Gasteiger partial charge in [0.15, 0.2) is 0 Å². The number of thiazole rings is 1. The Morgan fingerprint density at radius 1 is 1.23 bits per heavy atom. The van der Waals surface area contributed by atoms with Gasteiger partial charge in [-0.15, -0.1) is 11.3 Å². The minimum Gasteiger partial charge on any atom is -0.326 e. The van der Waals surface area contributed by atoms with Crippen molar-refractivity contribution in [1.82, 2.24) is 14.8 Å². The molecular formula is C19H16N4OS2. The summed E-state index contributed by atoms with van der Waals surface area (Å²) < 4.78 is 1.84. The van der Waals surface area contributed by atoms with Crippen molar-refractivity contribution in [3.8, 4) is 16.3 Å². The normalized spacial score (nSPS) is 10.8. The zero-order chi connectivity index (χ0) is 17.9. The molecule has 0 radical (unpaired) electrons. The molecule has 0 spiro atoms. The highest BCUT2D eigenvalue weighted by Crippen LogP contribution is 2.26. The number of benzene rings is 1. The first kappa shape index (κ1) is 16.7. The van der Waals surface area contributed by atoms with Crippen LogP contribution in [0.3, 0.4) is 0 Å². The van der Waals surface area contributed by atoms with E-state index in [1.165, 1.54) is 0 Å². The van der Waals surface area contributed by atoms with Gasteiger partial charge in [-0.05, 0) is 42.6 Å². The van der Waals surface area contributed by atoms with E-state index in [0.717, 1.165) is 33.3 Å². The Kier molecular flexibility index (Phi) is 4.64. The summed E-state index contributed by atoms with van der Waals surface area (Å²) in [6.07, 6.45) is 2.01. The van der Waals surface area contributed by atoms with Gasteiger partial charge in [-0.25, -0.2) is 9.67 Å². The number of carbonyl (C=O) groups excluding carboxylic acids is 1. The van der Waals surface area contributed by atoms with Crippen LogP contribution in [0.15, 0.2) is 58.7 Å². The molecule has 130 valence electrons. The molecule has 5 nitrogen and oxygen atoms in total. The van der Waals surface area contributed by atoms with E-state index in [4.69, 9.17) is 0 Å². The summed E-state index contributed by atoms with van der Waals surface area (Å²) in [6, 6.07) is 11.6. The molecule has 0 bridgehead atoms. The van der Waals surface area contributed by atoms with Gasteiger partial charge in [-0.1, -0.05) is 6.07 Å². The zero-order valence-corrected chi connectivity index (χ0v) is 15.7. The van der Waals surface area contributed by atoms with Crippen molar-refractivity contribution in [2.75, 3.05) is 5.32 Å². The summed E-state index contributed by atoms with van der Waals surface area (Å²) in [4.78, 5) is 16.9. The number of amides is 1. The first-order valence-corrected chi connectivity index (χ1v) is 9.89. The molecule has 3 heterocycles. The number of thiophene rings is 1. The van der Waals surface area contributed by atoms with E-state index in [2.05, 4.69) is 20.8 Å². The molecular weight excluding hydrogens is 364 g/mol. The van der Waals surface area contributed by atoms with Crippen LogP contribution in [0.5, 0.6) is 0 Å². The van der Waals surface area contributed by atoms with E-state index in [1.54, 1.807) is 28.9 Å². The van der Waals surface area contributed by atoms with Crippen LogP contribution in [0, 0.1) is 6.92 Å².